The minimum absolute atomic E-state index is 0.182. The lowest BCUT2D eigenvalue weighted by atomic mass is 10.2. The Hall–Kier alpha value is -1.69. The molecule has 1 aromatic rings. The number of methoxy groups -OCH3 is 1. The van der Waals surface area contributed by atoms with Gasteiger partial charge in [0, 0.05) is 6.54 Å². The van der Waals surface area contributed by atoms with Crippen LogP contribution in [0.4, 0.5) is 5.82 Å². The molecule has 1 atom stereocenters. The average molecular weight is 239 g/mol. The van der Waals surface area contributed by atoms with Crippen molar-refractivity contribution in [3.8, 4) is 0 Å². The molecule has 0 fully saturated rings. The predicted octanol–water partition coefficient (Wildman–Crippen LogP) is 0.836. The standard InChI is InChI=1S/C11H17N3O3/c1-8(15)4-3-5-12-10-7-13-9(6-14-10)11(16)17-2/h6-8,15H,3-5H2,1-2H3,(H,12,14). The van der Waals surface area contributed by atoms with Crippen LogP contribution < -0.4 is 5.32 Å². The highest BCUT2D eigenvalue weighted by Gasteiger charge is 2.06. The number of aliphatic hydroxyl groups excluding tert-OH is 1. The van der Waals surface area contributed by atoms with Crippen molar-refractivity contribution < 1.29 is 14.6 Å². The van der Waals surface area contributed by atoms with Gasteiger partial charge in [0.15, 0.2) is 5.69 Å². The number of hydrogen-bond acceptors (Lipinski definition) is 6. The Morgan fingerprint density at radius 3 is 2.82 bits per heavy atom. The van der Waals surface area contributed by atoms with Gasteiger partial charge in [-0.15, -0.1) is 0 Å². The maximum atomic E-state index is 11.1. The molecule has 0 aliphatic carbocycles. The van der Waals surface area contributed by atoms with E-state index in [1.54, 1.807) is 6.92 Å². The molecule has 0 radical (unpaired) electrons. The first-order valence-corrected chi connectivity index (χ1v) is 5.45. The summed E-state index contributed by atoms with van der Waals surface area (Å²) < 4.78 is 4.51. The second-order valence-corrected chi connectivity index (χ2v) is 3.70. The molecule has 0 amide bonds. The lowest BCUT2D eigenvalue weighted by molar-refractivity contribution is 0.0593. The van der Waals surface area contributed by atoms with Gasteiger partial charge in [-0.3, -0.25) is 0 Å². The zero-order valence-corrected chi connectivity index (χ0v) is 10.0. The van der Waals surface area contributed by atoms with E-state index in [0.717, 1.165) is 12.8 Å². The molecule has 0 aromatic carbocycles. The van der Waals surface area contributed by atoms with E-state index >= 15 is 0 Å². The van der Waals surface area contributed by atoms with Gasteiger partial charge in [0.25, 0.3) is 0 Å². The van der Waals surface area contributed by atoms with Gasteiger partial charge in [-0.1, -0.05) is 0 Å². The van der Waals surface area contributed by atoms with Crippen LogP contribution in [0.3, 0.4) is 0 Å². The summed E-state index contributed by atoms with van der Waals surface area (Å²) in [5.74, 6) is 0.0985. The minimum Gasteiger partial charge on any atom is -0.464 e. The van der Waals surface area contributed by atoms with E-state index in [0.29, 0.717) is 12.4 Å². The molecule has 0 saturated heterocycles. The van der Waals surface area contributed by atoms with Crippen LogP contribution in [0.5, 0.6) is 0 Å². The Labute approximate surface area is 100 Å². The minimum atomic E-state index is -0.502. The van der Waals surface area contributed by atoms with E-state index in [4.69, 9.17) is 5.11 Å². The Kier molecular flexibility index (Phi) is 5.35. The number of nitrogens with zero attached hydrogens (tertiary/aromatic N) is 2. The van der Waals surface area contributed by atoms with Crippen molar-refractivity contribution in [3.63, 3.8) is 0 Å². The van der Waals surface area contributed by atoms with Crippen molar-refractivity contribution in [2.24, 2.45) is 0 Å². The van der Waals surface area contributed by atoms with Crippen LogP contribution in [0.25, 0.3) is 0 Å². The second kappa shape index (κ2) is 6.80. The first kappa shape index (κ1) is 13.4. The normalized spacial score (nSPS) is 11.9. The summed E-state index contributed by atoms with van der Waals surface area (Å²) in [7, 11) is 1.30. The summed E-state index contributed by atoms with van der Waals surface area (Å²) in [5.41, 5.74) is 0.182. The van der Waals surface area contributed by atoms with Crippen molar-refractivity contribution in [2.45, 2.75) is 25.9 Å². The van der Waals surface area contributed by atoms with Crippen LogP contribution in [0.1, 0.15) is 30.3 Å². The molecule has 0 aliphatic heterocycles. The number of aliphatic hydroxyl groups is 1. The van der Waals surface area contributed by atoms with Crippen LogP contribution in [0.2, 0.25) is 0 Å². The number of anilines is 1. The van der Waals surface area contributed by atoms with Gasteiger partial charge in [0.1, 0.15) is 5.82 Å². The largest absolute Gasteiger partial charge is 0.464 e. The van der Waals surface area contributed by atoms with E-state index in [2.05, 4.69) is 20.0 Å². The van der Waals surface area contributed by atoms with Gasteiger partial charge in [0.2, 0.25) is 0 Å². The van der Waals surface area contributed by atoms with Gasteiger partial charge in [0.05, 0.1) is 25.6 Å². The predicted molar refractivity (Wildman–Crippen MR) is 62.8 cm³/mol. The van der Waals surface area contributed by atoms with Gasteiger partial charge in [-0.25, -0.2) is 14.8 Å². The third kappa shape index (κ3) is 4.78. The number of carbonyl (C=O) groups excluding carboxylic acids is 1. The highest BCUT2D eigenvalue weighted by atomic mass is 16.5. The van der Waals surface area contributed by atoms with E-state index in [1.807, 2.05) is 0 Å². The summed E-state index contributed by atoms with van der Waals surface area (Å²) in [6, 6.07) is 0. The number of esters is 1. The summed E-state index contributed by atoms with van der Waals surface area (Å²) in [4.78, 5) is 19.0. The summed E-state index contributed by atoms with van der Waals surface area (Å²) in [5, 5.41) is 12.1. The molecule has 0 spiro atoms. The van der Waals surface area contributed by atoms with Crippen LogP contribution in [-0.4, -0.2) is 40.8 Å². The molecule has 2 N–H and O–H groups in total. The lowest BCUT2D eigenvalue weighted by Gasteiger charge is -2.06. The molecule has 1 unspecified atom stereocenters. The smallest absolute Gasteiger partial charge is 0.358 e. The third-order valence-electron chi connectivity index (χ3n) is 2.15. The van der Waals surface area contributed by atoms with Crippen molar-refractivity contribution in [1.29, 1.82) is 0 Å². The molecular formula is C11H17N3O3. The van der Waals surface area contributed by atoms with Gasteiger partial charge < -0.3 is 15.2 Å². The third-order valence-corrected chi connectivity index (χ3v) is 2.15. The Bertz CT molecular complexity index is 351. The van der Waals surface area contributed by atoms with Crippen LogP contribution in [-0.2, 0) is 4.74 Å². The monoisotopic (exact) mass is 239 g/mol. The fraction of sp³-hybridized carbons (Fsp3) is 0.545. The molecule has 6 heteroatoms. The van der Waals surface area contributed by atoms with Crippen molar-refractivity contribution in [2.75, 3.05) is 19.0 Å². The quantitative estimate of drug-likeness (QED) is 0.565. The first-order valence-electron chi connectivity index (χ1n) is 5.45. The zero-order chi connectivity index (χ0) is 12.7. The fourth-order valence-corrected chi connectivity index (χ4v) is 1.24. The maximum Gasteiger partial charge on any atom is 0.358 e. The van der Waals surface area contributed by atoms with Crippen molar-refractivity contribution in [3.05, 3.63) is 18.1 Å². The van der Waals surface area contributed by atoms with E-state index in [9.17, 15) is 4.79 Å². The van der Waals surface area contributed by atoms with Crippen molar-refractivity contribution in [1.82, 2.24) is 9.97 Å². The molecule has 1 heterocycles. The maximum absolute atomic E-state index is 11.1. The molecule has 17 heavy (non-hydrogen) atoms. The van der Waals surface area contributed by atoms with Gasteiger partial charge in [-0.05, 0) is 19.8 Å². The molecule has 1 rings (SSSR count). The number of ether oxygens (including phenoxy) is 1. The molecule has 6 nitrogen and oxygen atoms in total. The lowest BCUT2D eigenvalue weighted by Crippen LogP contribution is -2.09. The van der Waals surface area contributed by atoms with E-state index < -0.39 is 5.97 Å². The number of aromatic nitrogens is 2. The number of nitrogens with one attached hydrogen (secondary N) is 1. The van der Waals surface area contributed by atoms with Crippen LogP contribution in [0.15, 0.2) is 12.4 Å². The topological polar surface area (TPSA) is 84.3 Å². The molecule has 94 valence electrons. The number of hydrogen-bond donors (Lipinski definition) is 2. The molecule has 0 saturated carbocycles. The van der Waals surface area contributed by atoms with Gasteiger partial charge >= 0.3 is 5.97 Å². The number of carbonyl (C=O) groups is 1. The Morgan fingerprint density at radius 2 is 2.29 bits per heavy atom. The first-order chi connectivity index (χ1) is 8.13. The molecule has 0 aliphatic rings. The van der Waals surface area contributed by atoms with Gasteiger partial charge in [-0.2, -0.15) is 0 Å². The summed E-state index contributed by atoms with van der Waals surface area (Å²) in [6.45, 7) is 2.46. The zero-order valence-electron chi connectivity index (χ0n) is 10.0. The van der Waals surface area contributed by atoms with E-state index in [-0.39, 0.29) is 11.8 Å². The average Bonchev–Trinajstić information content (AvgIpc) is 2.34. The van der Waals surface area contributed by atoms with Crippen LogP contribution in [0, 0.1) is 0 Å². The van der Waals surface area contributed by atoms with Crippen LogP contribution >= 0.6 is 0 Å². The highest BCUT2D eigenvalue weighted by molar-refractivity contribution is 5.86. The summed E-state index contributed by atoms with van der Waals surface area (Å²) >= 11 is 0. The molecular weight excluding hydrogens is 222 g/mol. The Balaban J connectivity index is 2.38. The number of rotatable bonds is 6. The summed E-state index contributed by atoms with van der Waals surface area (Å²) in [6.07, 6.45) is 4.14. The van der Waals surface area contributed by atoms with E-state index in [1.165, 1.54) is 19.5 Å². The SMILES string of the molecule is COC(=O)c1cnc(NCCCC(C)O)cn1. The van der Waals surface area contributed by atoms with Crippen molar-refractivity contribution >= 4 is 11.8 Å². The Morgan fingerprint density at radius 1 is 1.53 bits per heavy atom. The highest BCUT2D eigenvalue weighted by Crippen LogP contribution is 2.03. The molecule has 0 bridgehead atoms. The molecule has 1 aromatic heterocycles. The fourth-order valence-electron chi connectivity index (χ4n) is 1.24. The second-order valence-electron chi connectivity index (χ2n) is 3.70.